The Morgan fingerprint density at radius 3 is 1.63 bits per heavy atom. The second kappa shape index (κ2) is 9.28. The predicted octanol–water partition coefficient (Wildman–Crippen LogP) is 3.19. The minimum Gasteiger partial charge on any atom is -0.348 e. The quantitative estimate of drug-likeness (QED) is 0.703. The molecule has 3 aliphatic heterocycles. The van der Waals surface area contributed by atoms with Crippen LogP contribution in [0.4, 0.5) is 10.3 Å². The molecule has 0 radical (unpaired) electrons. The molecule has 0 amide bonds. The molecule has 1 aromatic rings. The van der Waals surface area contributed by atoms with Gasteiger partial charge in [-0.05, 0) is 70.0 Å². The van der Waals surface area contributed by atoms with Crippen molar-refractivity contribution in [3.63, 3.8) is 0 Å². The summed E-state index contributed by atoms with van der Waals surface area (Å²) in [6.45, 7) is 6.36. The Balaban J connectivity index is 1.63. The second-order valence-corrected chi connectivity index (χ2v) is 9.03. The molecular formula is C19H30N6S2. The van der Waals surface area contributed by atoms with Gasteiger partial charge in [-0.2, -0.15) is 15.0 Å². The van der Waals surface area contributed by atoms with Gasteiger partial charge in [0.15, 0.2) is 15.4 Å². The normalized spacial score (nSPS) is 21.3. The fraction of sp³-hybridized carbons (Fsp3) is 0.789. The van der Waals surface area contributed by atoms with Crippen molar-refractivity contribution in [1.82, 2.24) is 14.9 Å². The largest absolute Gasteiger partial charge is 0.348 e. The maximum atomic E-state index is 5.61. The standard InChI is InChI=1S/C19H30N6S2/c26-17(23-10-4-1-5-11-23)20-16-21-18(24-12-6-2-7-13-24)27-19(22-16)25-14-8-3-9-15-25/h1-15H2. The molecule has 3 fully saturated rings. The summed E-state index contributed by atoms with van der Waals surface area (Å²) in [6.07, 6.45) is 11.3. The number of piperidine rings is 3. The lowest BCUT2D eigenvalue weighted by Crippen LogP contribution is -2.37. The molecule has 0 atom stereocenters. The zero-order chi connectivity index (χ0) is 18.5. The first kappa shape index (κ1) is 19.1. The molecule has 3 aliphatic rings. The first-order valence-corrected chi connectivity index (χ1v) is 11.7. The number of anilines is 2. The first-order chi connectivity index (χ1) is 13.3. The molecule has 8 heteroatoms. The van der Waals surface area contributed by atoms with Crippen LogP contribution in [0.15, 0.2) is 4.99 Å². The molecule has 0 aromatic carbocycles. The fourth-order valence-electron chi connectivity index (χ4n) is 4.06. The van der Waals surface area contributed by atoms with Crippen molar-refractivity contribution < 1.29 is 0 Å². The number of hydrogen-bond acceptors (Lipinski definition) is 6. The van der Waals surface area contributed by atoms with E-state index < -0.39 is 0 Å². The van der Waals surface area contributed by atoms with Gasteiger partial charge in [-0.25, -0.2) is 0 Å². The highest BCUT2D eigenvalue weighted by molar-refractivity contribution is 7.80. The Bertz CT molecular complexity index is 661. The zero-order valence-electron chi connectivity index (χ0n) is 16.1. The van der Waals surface area contributed by atoms with Crippen molar-refractivity contribution in [3.05, 3.63) is 5.62 Å². The molecule has 0 unspecified atom stereocenters. The summed E-state index contributed by atoms with van der Waals surface area (Å²) >= 11 is 7.34. The Hall–Kier alpha value is -1.28. The minimum absolute atomic E-state index is 0.547. The van der Waals surface area contributed by atoms with Gasteiger partial charge in [0, 0.05) is 39.3 Å². The van der Waals surface area contributed by atoms with E-state index in [1.807, 2.05) is 0 Å². The molecule has 148 valence electrons. The maximum Gasteiger partial charge on any atom is 0.257 e. The van der Waals surface area contributed by atoms with Crippen LogP contribution in [0.25, 0.3) is 0 Å². The molecular weight excluding hydrogens is 376 g/mol. The third-order valence-corrected chi connectivity index (χ3v) is 7.06. The van der Waals surface area contributed by atoms with E-state index in [0.29, 0.717) is 10.7 Å². The topological polar surface area (TPSA) is 47.9 Å². The Labute approximate surface area is 171 Å². The summed E-state index contributed by atoms with van der Waals surface area (Å²) in [7, 11) is 0. The van der Waals surface area contributed by atoms with E-state index in [1.54, 1.807) is 11.3 Å². The van der Waals surface area contributed by atoms with E-state index >= 15 is 0 Å². The van der Waals surface area contributed by atoms with Crippen molar-refractivity contribution in [3.8, 4) is 0 Å². The Kier molecular flexibility index (Phi) is 6.55. The zero-order valence-corrected chi connectivity index (χ0v) is 17.7. The molecule has 0 aliphatic carbocycles. The molecule has 0 N–H and O–H groups in total. The van der Waals surface area contributed by atoms with Gasteiger partial charge in [-0.15, -0.1) is 0 Å². The van der Waals surface area contributed by atoms with Crippen LogP contribution in [-0.2, 0) is 0 Å². The smallest absolute Gasteiger partial charge is 0.257 e. The monoisotopic (exact) mass is 406 g/mol. The average Bonchev–Trinajstić information content (AvgIpc) is 2.75. The highest BCUT2D eigenvalue weighted by Gasteiger charge is 2.19. The van der Waals surface area contributed by atoms with Crippen LogP contribution in [0.1, 0.15) is 57.8 Å². The van der Waals surface area contributed by atoms with Crippen molar-refractivity contribution in [2.24, 2.45) is 4.99 Å². The van der Waals surface area contributed by atoms with Gasteiger partial charge < -0.3 is 14.7 Å². The maximum absolute atomic E-state index is 5.61. The Morgan fingerprint density at radius 1 is 0.704 bits per heavy atom. The van der Waals surface area contributed by atoms with Crippen LogP contribution >= 0.6 is 23.6 Å². The van der Waals surface area contributed by atoms with Crippen molar-refractivity contribution >= 4 is 38.9 Å². The van der Waals surface area contributed by atoms with Crippen molar-refractivity contribution in [2.45, 2.75) is 57.8 Å². The molecule has 0 saturated carbocycles. The summed E-state index contributed by atoms with van der Waals surface area (Å²) in [5, 5.41) is 2.77. The van der Waals surface area contributed by atoms with Gasteiger partial charge in [0.25, 0.3) is 5.62 Å². The lowest BCUT2D eigenvalue weighted by molar-refractivity contribution is 0.344. The minimum atomic E-state index is 0.547. The molecule has 0 spiro atoms. The average molecular weight is 407 g/mol. The van der Waals surface area contributed by atoms with Crippen molar-refractivity contribution in [1.29, 1.82) is 0 Å². The number of thiocarbonyl (C=S) groups is 1. The van der Waals surface area contributed by atoms with Gasteiger partial charge in [0.1, 0.15) is 0 Å². The predicted molar refractivity (Wildman–Crippen MR) is 116 cm³/mol. The van der Waals surface area contributed by atoms with Gasteiger partial charge >= 0.3 is 0 Å². The summed E-state index contributed by atoms with van der Waals surface area (Å²) in [5.74, 6) is 0. The molecule has 0 bridgehead atoms. The third-order valence-electron chi connectivity index (χ3n) is 5.65. The number of aromatic nitrogens is 2. The summed E-state index contributed by atoms with van der Waals surface area (Å²) in [6, 6.07) is 0. The van der Waals surface area contributed by atoms with E-state index in [4.69, 9.17) is 22.2 Å². The highest BCUT2D eigenvalue weighted by atomic mass is 32.1. The van der Waals surface area contributed by atoms with E-state index in [-0.39, 0.29) is 0 Å². The van der Waals surface area contributed by atoms with E-state index in [9.17, 15) is 0 Å². The van der Waals surface area contributed by atoms with Crippen LogP contribution in [-0.4, -0.2) is 59.2 Å². The number of hydrogen-bond donors (Lipinski definition) is 0. The van der Waals surface area contributed by atoms with Gasteiger partial charge in [-0.1, -0.05) is 11.3 Å². The number of nitrogens with zero attached hydrogens (tertiary/aromatic N) is 6. The lowest BCUT2D eigenvalue weighted by atomic mass is 10.1. The fourth-order valence-corrected chi connectivity index (χ4v) is 5.36. The van der Waals surface area contributed by atoms with Gasteiger partial charge in [-0.3, -0.25) is 0 Å². The third kappa shape index (κ3) is 4.96. The molecule has 3 saturated heterocycles. The summed E-state index contributed by atoms with van der Waals surface area (Å²) in [4.78, 5) is 21.3. The van der Waals surface area contributed by atoms with E-state index in [2.05, 4.69) is 19.7 Å². The number of likely N-dealkylation sites (tertiary alicyclic amines) is 1. The molecule has 4 rings (SSSR count). The van der Waals surface area contributed by atoms with Crippen LogP contribution in [0.5, 0.6) is 0 Å². The summed E-state index contributed by atoms with van der Waals surface area (Å²) < 4.78 is 0. The van der Waals surface area contributed by atoms with E-state index in [0.717, 1.165) is 49.5 Å². The van der Waals surface area contributed by atoms with Crippen LogP contribution in [0.2, 0.25) is 0 Å². The molecule has 6 nitrogen and oxygen atoms in total. The molecule has 4 heterocycles. The second-order valence-electron chi connectivity index (χ2n) is 7.73. The van der Waals surface area contributed by atoms with Gasteiger partial charge in [0.2, 0.25) is 0 Å². The van der Waals surface area contributed by atoms with Crippen LogP contribution < -0.4 is 15.4 Å². The molecule has 1 aromatic heterocycles. The van der Waals surface area contributed by atoms with Gasteiger partial charge in [0.05, 0.1) is 0 Å². The van der Waals surface area contributed by atoms with Crippen LogP contribution in [0.3, 0.4) is 0 Å². The Morgan fingerprint density at radius 2 is 1.15 bits per heavy atom. The summed E-state index contributed by atoms with van der Waals surface area (Å²) in [5.41, 5.74) is 0.547. The number of rotatable bonds is 2. The first-order valence-electron chi connectivity index (χ1n) is 10.5. The molecule has 27 heavy (non-hydrogen) atoms. The SMILES string of the molecule is S=C(N=c1nc(N2CCCCC2)sc(N2CCCCC2)n1)N1CCCCC1. The lowest BCUT2D eigenvalue weighted by Gasteiger charge is -2.30. The highest BCUT2D eigenvalue weighted by Crippen LogP contribution is 2.28. The van der Waals surface area contributed by atoms with Crippen LogP contribution in [0, 0.1) is 0 Å². The van der Waals surface area contributed by atoms with E-state index in [1.165, 1.54) is 57.8 Å². The van der Waals surface area contributed by atoms with Crippen molar-refractivity contribution in [2.75, 3.05) is 49.1 Å².